The average Bonchev–Trinajstić information content (AvgIpc) is 2.97. The molecule has 0 spiro atoms. The first-order valence-electron chi connectivity index (χ1n) is 13.2. The van der Waals surface area contributed by atoms with Crippen LogP contribution in [0.3, 0.4) is 0 Å². The number of piperidine rings is 1. The summed E-state index contributed by atoms with van der Waals surface area (Å²) in [7, 11) is 0. The van der Waals surface area contributed by atoms with Crippen molar-refractivity contribution in [3.8, 4) is 11.1 Å². The molecule has 4 aromatic rings. The van der Waals surface area contributed by atoms with E-state index < -0.39 is 0 Å². The second-order valence-electron chi connectivity index (χ2n) is 9.97. The van der Waals surface area contributed by atoms with E-state index >= 15 is 0 Å². The van der Waals surface area contributed by atoms with Crippen LogP contribution in [0.15, 0.2) is 103 Å². The Bertz CT molecular complexity index is 1380. The molecule has 192 valence electrons. The third kappa shape index (κ3) is 6.12. The maximum atomic E-state index is 13.4. The van der Waals surface area contributed by atoms with Gasteiger partial charge in [0.25, 0.3) is 11.8 Å². The van der Waals surface area contributed by atoms with Gasteiger partial charge in [-0.1, -0.05) is 79.7 Å². The lowest BCUT2D eigenvalue weighted by atomic mass is 9.97. The summed E-state index contributed by atoms with van der Waals surface area (Å²) >= 11 is 0. The summed E-state index contributed by atoms with van der Waals surface area (Å²) in [5.41, 5.74) is 5.85. The number of benzene rings is 4. The van der Waals surface area contributed by atoms with Crippen LogP contribution in [0.25, 0.3) is 11.1 Å². The molecule has 5 rings (SSSR count). The first-order valence-corrected chi connectivity index (χ1v) is 13.2. The Labute approximate surface area is 224 Å². The van der Waals surface area contributed by atoms with Crippen LogP contribution in [-0.4, -0.2) is 24.9 Å². The van der Waals surface area contributed by atoms with Crippen LogP contribution in [0.5, 0.6) is 0 Å². The highest BCUT2D eigenvalue weighted by Crippen LogP contribution is 2.29. The van der Waals surface area contributed by atoms with Gasteiger partial charge in [0.15, 0.2) is 0 Å². The normalized spacial score (nSPS) is 13.7. The maximum absolute atomic E-state index is 13.4. The van der Waals surface area contributed by atoms with Crippen molar-refractivity contribution < 1.29 is 9.59 Å². The van der Waals surface area contributed by atoms with Gasteiger partial charge in [0.2, 0.25) is 0 Å². The standard InChI is InChI=1S/C33H33N3O2/c1-24-18-20-36(21-19-24)31-17-16-29(22-30(31)33(38)34-23-25-8-4-2-5-9-25)35-32(37)28-14-12-27(13-15-28)26-10-6-3-7-11-26/h2-17,22,24H,18-21,23H2,1H3,(H,34,38)(H,35,37). The van der Waals surface area contributed by atoms with Crippen molar-refractivity contribution in [3.63, 3.8) is 0 Å². The van der Waals surface area contributed by atoms with Gasteiger partial charge in [-0.3, -0.25) is 9.59 Å². The fourth-order valence-corrected chi connectivity index (χ4v) is 4.84. The van der Waals surface area contributed by atoms with Gasteiger partial charge in [-0.05, 0) is 65.8 Å². The minimum Gasteiger partial charge on any atom is -0.371 e. The van der Waals surface area contributed by atoms with Crippen molar-refractivity contribution >= 4 is 23.2 Å². The van der Waals surface area contributed by atoms with Gasteiger partial charge in [-0.2, -0.15) is 0 Å². The third-order valence-corrected chi connectivity index (χ3v) is 7.17. The monoisotopic (exact) mass is 503 g/mol. The molecule has 1 fully saturated rings. The number of hydrogen-bond donors (Lipinski definition) is 2. The molecule has 1 aliphatic heterocycles. The van der Waals surface area contributed by atoms with Crippen molar-refractivity contribution in [3.05, 3.63) is 120 Å². The van der Waals surface area contributed by atoms with E-state index in [1.807, 2.05) is 97.1 Å². The average molecular weight is 504 g/mol. The third-order valence-electron chi connectivity index (χ3n) is 7.17. The molecule has 0 bridgehead atoms. The Morgan fingerprint density at radius 3 is 2.08 bits per heavy atom. The Hall–Kier alpha value is -4.38. The molecular weight excluding hydrogens is 470 g/mol. The topological polar surface area (TPSA) is 61.4 Å². The molecule has 0 aliphatic carbocycles. The van der Waals surface area contributed by atoms with E-state index in [0.29, 0.717) is 29.3 Å². The second kappa shape index (κ2) is 11.8. The molecule has 5 heteroatoms. The summed E-state index contributed by atoms with van der Waals surface area (Å²) in [6, 6.07) is 33.1. The molecule has 1 aliphatic rings. The predicted octanol–water partition coefficient (Wildman–Crippen LogP) is 6.77. The fraction of sp³-hybridized carbons (Fsp3) is 0.212. The molecule has 0 radical (unpaired) electrons. The number of anilines is 2. The summed E-state index contributed by atoms with van der Waals surface area (Å²) in [6.07, 6.45) is 2.20. The second-order valence-corrected chi connectivity index (χ2v) is 9.97. The number of hydrogen-bond acceptors (Lipinski definition) is 3. The van der Waals surface area contributed by atoms with E-state index in [1.165, 1.54) is 0 Å². The number of rotatable bonds is 7. The smallest absolute Gasteiger partial charge is 0.255 e. The highest BCUT2D eigenvalue weighted by Gasteiger charge is 2.22. The molecular formula is C33H33N3O2. The molecule has 2 amide bonds. The molecule has 0 saturated carbocycles. The molecule has 2 N–H and O–H groups in total. The number of carbonyl (C=O) groups is 2. The van der Waals surface area contributed by atoms with Crippen molar-refractivity contribution in [1.29, 1.82) is 0 Å². The van der Waals surface area contributed by atoms with Crippen LogP contribution in [0, 0.1) is 5.92 Å². The van der Waals surface area contributed by atoms with Gasteiger partial charge >= 0.3 is 0 Å². The number of amides is 2. The van der Waals surface area contributed by atoms with Crippen molar-refractivity contribution in [1.82, 2.24) is 5.32 Å². The SMILES string of the molecule is CC1CCN(c2ccc(NC(=O)c3ccc(-c4ccccc4)cc3)cc2C(=O)NCc2ccccc2)CC1. The molecule has 0 atom stereocenters. The predicted molar refractivity (Wildman–Crippen MR) is 154 cm³/mol. The zero-order valence-corrected chi connectivity index (χ0v) is 21.7. The van der Waals surface area contributed by atoms with Crippen LogP contribution in [0.4, 0.5) is 11.4 Å². The number of nitrogens with one attached hydrogen (secondary N) is 2. The van der Waals surface area contributed by atoms with E-state index in [1.54, 1.807) is 6.07 Å². The quantitative estimate of drug-likeness (QED) is 0.292. The fourth-order valence-electron chi connectivity index (χ4n) is 4.84. The molecule has 4 aromatic carbocycles. The molecule has 1 saturated heterocycles. The van der Waals surface area contributed by atoms with Crippen LogP contribution in [-0.2, 0) is 6.54 Å². The van der Waals surface area contributed by atoms with Gasteiger partial charge in [0.05, 0.1) is 5.56 Å². The van der Waals surface area contributed by atoms with Gasteiger partial charge in [0, 0.05) is 36.6 Å². The summed E-state index contributed by atoms with van der Waals surface area (Å²) < 4.78 is 0. The minimum absolute atomic E-state index is 0.147. The Morgan fingerprint density at radius 2 is 1.39 bits per heavy atom. The molecule has 0 aromatic heterocycles. The Kier molecular flexibility index (Phi) is 7.84. The minimum atomic E-state index is -0.209. The summed E-state index contributed by atoms with van der Waals surface area (Å²) in [6.45, 7) is 4.55. The first kappa shape index (κ1) is 25.3. The molecule has 5 nitrogen and oxygen atoms in total. The largest absolute Gasteiger partial charge is 0.371 e. The van der Waals surface area contributed by atoms with Gasteiger partial charge < -0.3 is 15.5 Å². The van der Waals surface area contributed by atoms with Crippen LogP contribution < -0.4 is 15.5 Å². The van der Waals surface area contributed by atoms with Gasteiger partial charge in [-0.15, -0.1) is 0 Å². The van der Waals surface area contributed by atoms with Crippen molar-refractivity contribution in [2.24, 2.45) is 5.92 Å². The highest BCUT2D eigenvalue weighted by atomic mass is 16.2. The van der Waals surface area contributed by atoms with E-state index in [2.05, 4.69) is 22.5 Å². The first-order chi connectivity index (χ1) is 18.6. The van der Waals surface area contributed by atoms with Crippen molar-refractivity contribution in [2.75, 3.05) is 23.3 Å². The lowest BCUT2D eigenvalue weighted by Crippen LogP contribution is -2.35. The lowest BCUT2D eigenvalue weighted by molar-refractivity contribution is 0.0950. The van der Waals surface area contributed by atoms with Crippen LogP contribution in [0.1, 0.15) is 46.0 Å². The molecule has 1 heterocycles. The van der Waals surface area contributed by atoms with Crippen molar-refractivity contribution in [2.45, 2.75) is 26.3 Å². The van der Waals surface area contributed by atoms with Crippen LogP contribution >= 0.6 is 0 Å². The van der Waals surface area contributed by atoms with Gasteiger partial charge in [-0.25, -0.2) is 0 Å². The summed E-state index contributed by atoms with van der Waals surface area (Å²) in [5, 5.41) is 6.05. The zero-order valence-electron chi connectivity index (χ0n) is 21.7. The van der Waals surface area contributed by atoms with E-state index in [9.17, 15) is 9.59 Å². The van der Waals surface area contributed by atoms with E-state index in [4.69, 9.17) is 0 Å². The summed E-state index contributed by atoms with van der Waals surface area (Å²) in [4.78, 5) is 28.7. The van der Waals surface area contributed by atoms with Crippen LogP contribution in [0.2, 0.25) is 0 Å². The number of carbonyl (C=O) groups excluding carboxylic acids is 2. The van der Waals surface area contributed by atoms with Gasteiger partial charge in [0.1, 0.15) is 0 Å². The summed E-state index contributed by atoms with van der Waals surface area (Å²) in [5.74, 6) is 0.332. The molecule has 0 unspecified atom stereocenters. The lowest BCUT2D eigenvalue weighted by Gasteiger charge is -2.33. The number of nitrogens with zero attached hydrogens (tertiary/aromatic N) is 1. The highest BCUT2D eigenvalue weighted by molar-refractivity contribution is 6.06. The maximum Gasteiger partial charge on any atom is 0.255 e. The molecule has 38 heavy (non-hydrogen) atoms. The van der Waals surface area contributed by atoms with E-state index in [-0.39, 0.29) is 11.8 Å². The Balaban J connectivity index is 1.34. The van der Waals surface area contributed by atoms with E-state index in [0.717, 1.165) is 48.3 Å². The Morgan fingerprint density at radius 1 is 0.763 bits per heavy atom. The zero-order chi connectivity index (χ0) is 26.3.